The second-order valence-corrected chi connectivity index (χ2v) is 5.38. The highest BCUT2D eigenvalue weighted by atomic mass is 32.1. The quantitative estimate of drug-likeness (QED) is 0.667. The van der Waals surface area contributed by atoms with Crippen molar-refractivity contribution >= 4 is 28.7 Å². The maximum absolute atomic E-state index is 11.1. The standard InChI is InChI=1S/C13H12N2O4S/c1-6-5-8(15(18)19)3-4-9(6)11-7(2)10(14)12(20-11)13(16)17/h3-5H,14H2,1-2H3,(H,16,17). The van der Waals surface area contributed by atoms with Gasteiger partial charge in [-0.25, -0.2) is 4.79 Å². The maximum Gasteiger partial charge on any atom is 0.348 e. The molecule has 1 aromatic carbocycles. The molecule has 0 amide bonds. The number of nitrogens with zero attached hydrogens (tertiary/aromatic N) is 1. The summed E-state index contributed by atoms with van der Waals surface area (Å²) in [7, 11) is 0. The number of nitro groups is 1. The lowest BCUT2D eigenvalue weighted by Crippen LogP contribution is -1.97. The van der Waals surface area contributed by atoms with Gasteiger partial charge in [0.15, 0.2) is 0 Å². The Morgan fingerprint density at radius 2 is 2.05 bits per heavy atom. The average Bonchev–Trinajstić information content (AvgIpc) is 2.66. The van der Waals surface area contributed by atoms with Gasteiger partial charge in [0.1, 0.15) is 4.88 Å². The number of nitrogen functional groups attached to an aromatic ring is 1. The zero-order chi connectivity index (χ0) is 15.0. The van der Waals surface area contributed by atoms with Gasteiger partial charge in [0.2, 0.25) is 0 Å². The van der Waals surface area contributed by atoms with Crippen LogP contribution in [0.3, 0.4) is 0 Å². The van der Waals surface area contributed by atoms with E-state index in [0.29, 0.717) is 11.1 Å². The Bertz CT molecular complexity index is 721. The summed E-state index contributed by atoms with van der Waals surface area (Å²) in [6.45, 7) is 3.49. The first kappa shape index (κ1) is 14.0. The van der Waals surface area contributed by atoms with Gasteiger partial charge in [0.05, 0.1) is 10.6 Å². The Morgan fingerprint density at radius 3 is 2.50 bits per heavy atom. The highest BCUT2D eigenvalue weighted by Crippen LogP contribution is 2.40. The van der Waals surface area contributed by atoms with Gasteiger partial charge in [0, 0.05) is 17.0 Å². The van der Waals surface area contributed by atoms with Crippen molar-refractivity contribution in [2.75, 3.05) is 5.73 Å². The number of carboxylic acids is 1. The summed E-state index contributed by atoms with van der Waals surface area (Å²) < 4.78 is 0. The number of hydrogen-bond donors (Lipinski definition) is 2. The number of nitro benzene ring substituents is 1. The molecule has 20 heavy (non-hydrogen) atoms. The Kier molecular flexibility index (Phi) is 3.46. The normalized spacial score (nSPS) is 10.5. The molecule has 104 valence electrons. The van der Waals surface area contributed by atoms with Crippen molar-refractivity contribution < 1.29 is 14.8 Å². The van der Waals surface area contributed by atoms with E-state index in [1.54, 1.807) is 19.9 Å². The summed E-state index contributed by atoms with van der Waals surface area (Å²) in [6, 6.07) is 4.49. The van der Waals surface area contributed by atoms with Crippen molar-refractivity contribution in [1.29, 1.82) is 0 Å². The molecule has 7 heteroatoms. The van der Waals surface area contributed by atoms with Crippen molar-refractivity contribution in [3.63, 3.8) is 0 Å². The fourth-order valence-corrected chi connectivity index (χ4v) is 3.11. The van der Waals surface area contributed by atoms with E-state index in [1.165, 1.54) is 12.1 Å². The average molecular weight is 292 g/mol. The van der Waals surface area contributed by atoms with Crippen molar-refractivity contribution in [2.24, 2.45) is 0 Å². The molecular formula is C13H12N2O4S. The van der Waals surface area contributed by atoms with Crippen LogP contribution in [-0.2, 0) is 0 Å². The highest BCUT2D eigenvalue weighted by Gasteiger charge is 2.20. The lowest BCUT2D eigenvalue weighted by molar-refractivity contribution is -0.384. The van der Waals surface area contributed by atoms with E-state index in [-0.39, 0.29) is 16.3 Å². The van der Waals surface area contributed by atoms with Gasteiger partial charge in [-0.15, -0.1) is 11.3 Å². The van der Waals surface area contributed by atoms with E-state index < -0.39 is 10.9 Å². The summed E-state index contributed by atoms with van der Waals surface area (Å²) in [5.74, 6) is -1.07. The van der Waals surface area contributed by atoms with Crippen molar-refractivity contribution in [1.82, 2.24) is 0 Å². The molecule has 0 atom stereocenters. The molecule has 0 spiro atoms. The van der Waals surface area contributed by atoms with E-state index in [2.05, 4.69) is 0 Å². The van der Waals surface area contributed by atoms with E-state index in [0.717, 1.165) is 21.8 Å². The van der Waals surface area contributed by atoms with Crippen molar-refractivity contribution in [2.45, 2.75) is 13.8 Å². The van der Waals surface area contributed by atoms with Gasteiger partial charge in [-0.2, -0.15) is 0 Å². The second-order valence-electron chi connectivity index (χ2n) is 4.36. The zero-order valence-electron chi connectivity index (χ0n) is 10.8. The predicted molar refractivity (Wildman–Crippen MR) is 77.3 cm³/mol. The van der Waals surface area contributed by atoms with E-state index in [1.807, 2.05) is 0 Å². The smallest absolute Gasteiger partial charge is 0.348 e. The van der Waals surface area contributed by atoms with Gasteiger partial charge in [-0.3, -0.25) is 10.1 Å². The molecule has 2 aromatic rings. The van der Waals surface area contributed by atoms with Gasteiger partial charge in [-0.1, -0.05) is 0 Å². The monoisotopic (exact) mass is 292 g/mol. The molecule has 6 nitrogen and oxygen atoms in total. The first-order valence-electron chi connectivity index (χ1n) is 5.70. The fraction of sp³-hybridized carbons (Fsp3) is 0.154. The number of rotatable bonds is 3. The first-order chi connectivity index (χ1) is 9.32. The lowest BCUT2D eigenvalue weighted by Gasteiger charge is -2.04. The topological polar surface area (TPSA) is 106 Å². The minimum Gasteiger partial charge on any atom is -0.477 e. The Balaban J connectivity index is 2.60. The molecule has 0 unspecified atom stereocenters. The van der Waals surface area contributed by atoms with Crippen LogP contribution in [0.2, 0.25) is 0 Å². The van der Waals surface area contributed by atoms with Crippen LogP contribution < -0.4 is 5.73 Å². The number of carboxylic acid groups (broad SMARTS) is 1. The van der Waals surface area contributed by atoms with Gasteiger partial charge >= 0.3 is 5.97 Å². The third-order valence-electron chi connectivity index (χ3n) is 3.05. The van der Waals surface area contributed by atoms with Crippen LogP contribution in [0.1, 0.15) is 20.8 Å². The van der Waals surface area contributed by atoms with E-state index in [9.17, 15) is 14.9 Å². The van der Waals surface area contributed by atoms with Crippen molar-refractivity contribution in [3.8, 4) is 10.4 Å². The summed E-state index contributed by atoms with van der Waals surface area (Å²) in [4.78, 5) is 22.2. The van der Waals surface area contributed by atoms with Crippen LogP contribution >= 0.6 is 11.3 Å². The van der Waals surface area contributed by atoms with Crippen LogP contribution in [0.15, 0.2) is 18.2 Å². The molecule has 1 heterocycles. The number of benzene rings is 1. The number of aromatic carboxylic acids is 1. The number of nitrogens with two attached hydrogens (primary N) is 1. The minimum atomic E-state index is -1.07. The zero-order valence-corrected chi connectivity index (χ0v) is 11.7. The van der Waals surface area contributed by atoms with Crippen LogP contribution in [0, 0.1) is 24.0 Å². The van der Waals surface area contributed by atoms with Crippen LogP contribution in [-0.4, -0.2) is 16.0 Å². The van der Waals surface area contributed by atoms with Crippen LogP contribution in [0.25, 0.3) is 10.4 Å². The third kappa shape index (κ3) is 2.23. The molecule has 0 aliphatic heterocycles. The van der Waals surface area contributed by atoms with Gasteiger partial charge in [0.25, 0.3) is 5.69 Å². The number of aryl methyl sites for hydroxylation is 1. The van der Waals surface area contributed by atoms with Gasteiger partial charge in [-0.05, 0) is 36.6 Å². The molecule has 0 radical (unpaired) electrons. The van der Waals surface area contributed by atoms with Gasteiger partial charge < -0.3 is 10.8 Å². The summed E-state index contributed by atoms with van der Waals surface area (Å²) in [5, 5.41) is 19.8. The number of carbonyl (C=O) groups is 1. The Labute approximate surface area is 118 Å². The minimum absolute atomic E-state index is 0.00638. The Hall–Kier alpha value is -2.41. The van der Waals surface area contributed by atoms with Crippen LogP contribution in [0.5, 0.6) is 0 Å². The molecule has 2 rings (SSSR count). The van der Waals surface area contributed by atoms with Crippen molar-refractivity contribution in [3.05, 3.63) is 44.3 Å². The second kappa shape index (κ2) is 4.93. The molecule has 0 bridgehead atoms. The number of anilines is 1. The van der Waals surface area contributed by atoms with E-state index >= 15 is 0 Å². The molecular weight excluding hydrogens is 280 g/mol. The molecule has 0 aliphatic carbocycles. The van der Waals surface area contributed by atoms with Crippen LogP contribution in [0.4, 0.5) is 11.4 Å². The number of non-ortho nitro benzene ring substituents is 1. The maximum atomic E-state index is 11.1. The summed E-state index contributed by atoms with van der Waals surface area (Å²) >= 11 is 1.08. The first-order valence-corrected chi connectivity index (χ1v) is 6.52. The molecule has 1 aromatic heterocycles. The predicted octanol–water partition coefficient (Wildman–Crippen LogP) is 3.22. The molecule has 0 fully saturated rings. The lowest BCUT2D eigenvalue weighted by atomic mass is 10.0. The number of thiophene rings is 1. The fourth-order valence-electron chi connectivity index (χ4n) is 1.96. The third-order valence-corrected chi connectivity index (χ3v) is 4.38. The number of hydrogen-bond acceptors (Lipinski definition) is 5. The molecule has 3 N–H and O–H groups in total. The molecule has 0 aliphatic rings. The summed E-state index contributed by atoms with van der Waals surface area (Å²) in [6.07, 6.45) is 0. The highest BCUT2D eigenvalue weighted by molar-refractivity contribution is 7.18. The molecule has 0 saturated carbocycles. The summed E-state index contributed by atoms with van der Waals surface area (Å²) in [5.41, 5.74) is 8.20. The largest absolute Gasteiger partial charge is 0.477 e. The Morgan fingerprint density at radius 1 is 1.40 bits per heavy atom. The van der Waals surface area contributed by atoms with E-state index in [4.69, 9.17) is 10.8 Å². The SMILES string of the molecule is Cc1cc([N+](=O)[O-])ccc1-c1sc(C(=O)O)c(N)c1C. The molecule has 0 saturated heterocycles.